The van der Waals surface area contributed by atoms with Crippen molar-refractivity contribution in [2.24, 2.45) is 11.8 Å². The maximum Gasteiger partial charge on any atom is 0.134 e. The van der Waals surface area contributed by atoms with Crippen molar-refractivity contribution in [1.29, 1.82) is 0 Å². The molecule has 0 saturated carbocycles. The minimum Gasteiger partial charge on any atom is -0.308 e. The molecule has 0 aliphatic carbocycles. The van der Waals surface area contributed by atoms with Gasteiger partial charge in [0.15, 0.2) is 0 Å². The van der Waals surface area contributed by atoms with E-state index in [1.54, 1.807) is 11.3 Å². The zero-order valence-electron chi connectivity index (χ0n) is 11.8. The Kier molecular flexibility index (Phi) is 5.53. The molecule has 1 heterocycles. The number of nitrogens with one attached hydrogen (secondary N) is 1. The number of aromatic nitrogens is 2. The Morgan fingerprint density at radius 1 is 1.00 bits per heavy atom. The molecule has 1 aromatic rings. The highest BCUT2D eigenvalue weighted by Crippen LogP contribution is 2.34. The Morgan fingerprint density at radius 2 is 1.53 bits per heavy atom. The first-order chi connectivity index (χ1) is 7.97. The second-order valence-electron chi connectivity index (χ2n) is 5.27. The van der Waals surface area contributed by atoms with Gasteiger partial charge in [0.25, 0.3) is 0 Å². The summed E-state index contributed by atoms with van der Waals surface area (Å²) in [6, 6.07) is 0.311. The van der Waals surface area contributed by atoms with Crippen molar-refractivity contribution in [3.63, 3.8) is 0 Å². The van der Waals surface area contributed by atoms with Gasteiger partial charge in [-0.2, -0.15) is 0 Å². The van der Waals surface area contributed by atoms with Gasteiger partial charge in [0, 0.05) is 5.92 Å². The minimum atomic E-state index is 0.311. The van der Waals surface area contributed by atoms with Crippen LogP contribution < -0.4 is 5.32 Å². The number of nitrogens with zero attached hydrogens (tertiary/aromatic N) is 2. The Hall–Kier alpha value is -0.480. The van der Waals surface area contributed by atoms with E-state index in [1.165, 1.54) is 5.01 Å². The molecule has 1 aromatic heterocycles. The van der Waals surface area contributed by atoms with Gasteiger partial charge in [-0.05, 0) is 25.3 Å². The molecule has 0 amide bonds. The van der Waals surface area contributed by atoms with Gasteiger partial charge in [-0.1, -0.05) is 46.0 Å². The highest BCUT2D eigenvalue weighted by Gasteiger charge is 2.24. The Labute approximate surface area is 109 Å². The van der Waals surface area contributed by atoms with Crippen molar-refractivity contribution in [1.82, 2.24) is 15.5 Å². The second kappa shape index (κ2) is 6.45. The fraction of sp³-hybridized carbons (Fsp3) is 0.846. The van der Waals surface area contributed by atoms with Gasteiger partial charge in [-0.15, -0.1) is 10.2 Å². The first-order valence-electron chi connectivity index (χ1n) is 6.54. The lowest BCUT2D eigenvalue weighted by molar-refractivity contribution is 0.384. The summed E-state index contributed by atoms with van der Waals surface area (Å²) in [5, 5.41) is 14.4. The normalized spacial score (nSPS) is 13.9. The fourth-order valence-corrected chi connectivity index (χ4v) is 3.61. The summed E-state index contributed by atoms with van der Waals surface area (Å²) in [5.41, 5.74) is 0. The predicted molar refractivity (Wildman–Crippen MR) is 74.4 cm³/mol. The molecule has 1 atom stereocenters. The van der Waals surface area contributed by atoms with E-state index in [0.29, 0.717) is 23.8 Å². The SMILES string of the molecule is CCNC(C)c1nnc(C(C(C)C)C(C)C)s1. The van der Waals surface area contributed by atoms with Gasteiger partial charge < -0.3 is 5.32 Å². The average Bonchev–Trinajstić information content (AvgIpc) is 2.66. The molecule has 1 unspecified atom stereocenters. The van der Waals surface area contributed by atoms with Crippen LogP contribution in [0.1, 0.15) is 63.5 Å². The lowest BCUT2D eigenvalue weighted by atomic mass is 9.86. The first kappa shape index (κ1) is 14.6. The van der Waals surface area contributed by atoms with E-state index in [4.69, 9.17) is 0 Å². The van der Waals surface area contributed by atoms with Gasteiger partial charge in [0.1, 0.15) is 10.0 Å². The summed E-state index contributed by atoms with van der Waals surface area (Å²) < 4.78 is 0. The summed E-state index contributed by atoms with van der Waals surface area (Å²) >= 11 is 1.76. The first-order valence-corrected chi connectivity index (χ1v) is 7.35. The molecular weight excluding hydrogens is 230 g/mol. The van der Waals surface area contributed by atoms with Gasteiger partial charge in [0.05, 0.1) is 6.04 Å². The fourth-order valence-electron chi connectivity index (χ4n) is 2.29. The van der Waals surface area contributed by atoms with Crippen LogP contribution in [0.15, 0.2) is 0 Å². The molecule has 0 spiro atoms. The lowest BCUT2D eigenvalue weighted by Crippen LogP contribution is -2.17. The molecule has 0 aromatic carbocycles. The number of hydrogen-bond donors (Lipinski definition) is 1. The largest absolute Gasteiger partial charge is 0.308 e. The van der Waals surface area contributed by atoms with Gasteiger partial charge in [0.2, 0.25) is 0 Å². The highest BCUT2D eigenvalue weighted by molar-refractivity contribution is 7.11. The molecule has 0 radical (unpaired) electrons. The third-order valence-corrected chi connectivity index (χ3v) is 4.27. The predicted octanol–water partition coefficient (Wildman–Crippen LogP) is 3.60. The van der Waals surface area contributed by atoms with Crippen LogP contribution in [0.4, 0.5) is 0 Å². The quantitative estimate of drug-likeness (QED) is 0.844. The molecule has 1 rings (SSSR count). The van der Waals surface area contributed by atoms with Crippen molar-refractivity contribution in [3.8, 4) is 0 Å². The molecule has 3 nitrogen and oxygen atoms in total. The summed E-state index contributed by atoms with van der Waals surface area (Å²) in [6.45, 7) is 14.3. The smallest absolute Gasteiger partial charge is 0.134 e. The van der Waals surface area contributed by atoms with E-state index in [0.717, 1.165) is 11.6 Å². The Morgan fingerprint density at radius 3 is 2.00 bits per heavy atom. The monoisotopic (exact) mass is 255 g/mol. The summed E-state index contributed by atoms with van der Waals surface area (Å²) in [4.78, 5) is 0. The van der Waals surface area contributed by atoms with E-state index in [1.807, 2.05) is 0 Å². The lowest BCUT2D eigenvalue weighted by Gasteiger charge is -2.21. The molecule has 98 valence electrons. The molecule has 1 N–H and O–H groups in total. The third-order valence-electron chi connectivity index (χ3n) is 3.06. The third kappa shape index (κ3) is 3.75. The van der Waals surface area contributed by atoms with E-state index in [2.05, 4.69) is 57.1 Å². The van der Waals surface area contributed by atoms with Crippen LogP contribution in [-0.2, 0) is 0 Å². The minimum absolute atomic E-state index is 0.311. The molecule has 0 aliphatic rings. The Balaban J connectivity index is 2.85. The molecule has 0 aliphatic heterocycles. The standard InChI is InChI=1S/C13H25N3S/c1-7-14-10(6)12-15-16-13(17-12)11(8(2)3)9(4)5/h8-11,14H,7H2,1-6H3. The van der Waals surface area contributed by atoms with E-state index in [9.17, 15) is 0 Å². The van der Waals surface area contributed by atoms with Crippen LogP contribution in [-0.4, -0.2) is 16.7 Å². The van der Waals surface area contributed by atoms with Crippen LogP contribution in [0, 0.1) is 11.8 Å². The van der Waals surface area contributed by atoms with Crippen LogP contribution in [0.25, 0.3) is 0 Å². The summed E-state index contributed by atoms with van der Waals surface area (Å²) in [7, 11) is 0. The molecule has 0 bridgehead atoms. The van der Waals surface area contributed by atoms with E-state index >= 15 is 0 Å². The van der Waals surface area contributed by atoms with E-state index in [-0.39, 0.29) is 0 Å². The number of hydrogen-bond acceptors (Lipinski definition) is 4. The maximum absolute atomic E-state index is 4.39. The molecule has 4 heteroatoms. The van der Waals surface area contributed by atoms with Crippen molar-refractivity contribution in [2.45, 2.75) is 53.5 Å². The van der Waals surface area contributed by atoms with E-state index < -0.39 is 0 Å². The zero-order chi connectivity index (χ0) is 13.0. The molecular formula is C13H25N3S. The van der Waals surface area contributed by atoms with Crippen molar-refractivity contribution in [3.05, 3.63) is 10.0 Å². The summed E-state index contributed by atoms with van der Waals surface area (Å²) in [6.07, 6.45) is 0. The van der Waals surface area contributed by atoms with Crippen molar-refractivity contribution >= 4 is 11.3 Å². The maximum atomic E-state index is 4.39. The van der Waals surface area contributed by atoms with Crippen LogP contribution in [0.3, 0.4) is 0 Å². The highest BCUT2D eigenvalue weighted by atomic mass is 32.1. The Bertz CT molecular complexity index is 325. The van der Waals surface area contributed by atoms with Crippen LogP contribution in [0.2, 0.25) is 0 Å². The number of rotatable bonds is 6. The molecule has 0 saturated heterocycles. The van der Waals surface area contributed by atoms with Crippen LogP contribution in [0.5, 0.6) is 0 Å². The van der Waals surface area contributed by atoms with Gasteiger partial charge in [-0.25, -0.2) is 0 Å². The topological polar surface area (TPSA) is 37.8 Å². The second-order valence-corrected chi connectivity index (χ2v) is 6.31. The zero-order valence-corrected chi connectivity index (χ0v) is 12.6. The van der Waals surface area contributed by atoms with Crippen molar-refractivity contribution < 1.29 is 0 Å². The average molecular weight is 255 g/mol. The van der Waals surface area contributed by atoms with Crippen LogP contribution >= 0.6 is 11.3 Å². The summed E-state index contributed by atoms with van der Waals surface area (Å²) in [5.74, 6) is 1.76. The van der Waals surface area contributed by atoms with Gasteiger partial charge in [-0.3, -0.25) is 0 Å². The molecule has 0 fully saturated rings. The van der Waals surface area contributed by atoms with Crippen molar-refractivity contribution in [2.75, 3.05) is 6.54 Å². The molecule has 17 heavy (non-hydrogen) atoms. The van der Waals surface area contributed by atoms with Gasteiger partial charge >= 0.3 is 0 Å².